The Morgan fingerprint density at radius 2 is 1.53 bits per heavy atom. The maximum absolute atomic E-state index is 10.7. The molecule has 0 saturated heterocycles. The van der Waals surface area contributed by atoms with Gasteiger partial charge in [0.05, 0.1) is 6.10 Å². The van der Waals surface area contributed by atoms with Crippen LogP contribution in [0, 0.1) is 0 Å². The number of carboxylic acid groups (broad SMARTS) is 2. The van der Waals surface area contributed by atoms with E-state index in [0.717, 1.165) is 6.92 Å². The lowest BCUT2D eigenvalue weighted by Crippen LogP contribution is -2.52. The second-order valence-corrected chi connectivity index (χ2v) is 4.09. The Morgan fingerprint density at radius 3 is 1.60 bits per heavy atom. The van der Waals surface area contributed by atoms with Gasteiger partial charge in [0.2, 0.25) is 0 Å². The van der Waals surface area contributed by atoms with Gasteiger partial charge >= 0.3 is 12.2 Å². The highest BCUT2D eigenvalue weighted by molar-refractivity contribution is 7.86. The van der Waals surface area contributed by atoms with E-state index in [-0.39, 0.29) is 0 Å². The summed E-state index contributed by atoms with van der Waals surface area (Å²) < 4.78 is 29.9. The van der Waals surface area contributed by atoms with E-state index >= 15 is 0 Å². The maximum Gasteiger partial charge on any atom is 0.418 e. The third kappa shape index (κ3) is 3.34. The fraction of sp³-hybridized carbons (Fsp3) is 0.600. The van der Waals surface area contributed by atoms with Gasteiger partial charge in [-0.3, -0.25) is 4.55 Å². The van der Waals surface area contributed by atoms with Gasteiger partial charge in [-0.25, -0.2) is 9.59 Å². The zero-order valence-electron chi connectivity index (χ0n) is 7.43. The summed E-state index contributed by atoms with van der Waals surface area (Å²) in [6, 6.07) is 0. The normalized spacial score (nSPS) is 15.4. The first-order valence-corrected chi connectivity index (χ1v) is 4.98. The summed E-state index contributed by atoms with van der Waals surface area (Å²) in [7, 11) is -5.04. The van der Waals surface area contributed by atoms with E-state index in [9.17, 15) is 18.0 Å². The average Bonchev–Trinajstić information content (AvgIpc) is 1.94. The zero-order valence-corrected chi connectivity index (χ0v) is 8.25. The number of hydrogen-bond donors (Lipinski definition) is 4. The highest BCUT2D eigenvalue weighted by Gasteiger charge is 2.41. The molecule has 0 radical (unpaired) electrons. The molecule has 0 spiro atoms. The van der Waals surface area contributed by atoms with Gasteiger partial charge in [-0.2, -0.15) is 13.3 Å². The lowest BCUT2D eigenvalue weighted by Gasteiger charge is -2.24. The second-order valence-electron chi connectivity index (χ2n) is 2.58. The van der Waals surface area contributed by atoms with Crippen molar-refractivity contribution < 1.29 is 37.9 Å². The Hall–Kier alpha value is -1.39. The Labute approximate surface area is 84.3 Å². The lowest BCUT2D eigenvalue weighted by molar-refractivity contribution is 0.0781. The first-order valence-electron chi connectivity index (χ1n) is 3.48. The molecule has 9 nitrogen and oxygen atoms in total. The molecule has 0 saturated carbocycles. The molecule has 0 heterocycles. The predicted molar refractivity (Wildman–Crippen MR) is 44.9 cm³/mol. The standard InChI is InChI=1S/C5H9NO8S/c1-2(7)3(15(12,13)14)6(4(8)9)5(10)11/h2-3,7H,1H3,(H,8,9)(H,10,11)(H,12,13,14)/t2-,3?/m1/s1. The number of nitrogens with zero attached hydrogens (tertiary/aromatic N) is 1. The van der Waals surface area contributed by atoms with Crippen LogP contribution in [-0.4, -0.2) is 56.9 Å². The third-order valence-corrected chi connectivity index (χ3v) is 2.60. The summed E-state index contributed by atoms with van der Waals surface area (Å²) in [5.74, 6) is 0. The fourth-order valence-corrected chi connectivity index (χ4v) is 1.84. The molecule has 88 valence electrons. The quantitative estimate of drug-likeness (QED) is 0.472. The predicted octanol–water partition coefficient (Wildman–Crippen LogP) is -0.761. The first kappa shape index (κ1) is 13.6. The van der Waals surface area contributed by atoms with Crippen LogP contribution in [0.4, 0.5) is 9.59 Å². The van der Waals surface area contributed by atoms with E-state index < -0.39 is 38.7 Å². The summed E-state index contributed by atoms with van der Waals surface area (Å²) in [6.07, 6.45) is -6.13. The number of imide groups is 1. The van der Waals surface area contributed by atoms with Crippen LogP contribution in [0.25, 0.3) is 0 Å². The molecule has 1 unspecified atom stereocenters. The molecule has 0 bridgehead atoms. The Morgan fingerprint density at radius 1 is 1.20 bits per heavy atom. The van der Waals surface area contributed by atoms with Crippen LogP contribution in [0.2, 0.25) is 0 Å². The summed E-state index contributed by atoms with van der Waals surface area (Å²) in [6.45, 7) is 0.831. The second kappa shape index (κ2) is 4.42. The third-order valence-electron chi connectivity index (χ3n) is 1.38. The smallest absolute Gasteiger partial charge is 0.418 e. The molecule has 0 aromatic heterocycles. The molecule has 0 aliphatic rings. The van der Waals surface area contributed by atoms with Gasteiger partial charge in [0, 0.05) is 0 Å². The van der Waals surface area contributed by atoms with Gasteiger partial charge in [-0.15, -0.1) is 0 Å². The monoisotopic (exact) mass is 243 g/mol. The van der Waals surface area contributed by atoms with Crippen molar-refractivity contribution in [3.63, 3.8) is 0 Å². The summed E-state index contributed by atoms with van der Waals surface area (Å²) >= 11 is 0. The van der Waals surface area contributed by atoms with Crippen molar-refractivity contribution in [2.75, 3.05) is 0 Å². The summed E-state index contributed by atoms with van der Waals surface area (Å²) in [4.78, 5) is 20.2. The topological polar surface area (TPSA) is 152 Å². The number of rotatable bonds is 3. The maximum atomic E-state index is 10.7. The highest BCUT2D eigenvalue weighted by atomic mass is 32.2. The Balaban J connectivity index is 5.41. The summed E-state index contributed by atoms with van der Waals surface area (Å²) in [5.41, 5.74) is 0. The molecular weight excluding hydrogens is 234 g/mol. The van der Waals surface area contributed by atoms with Crippen molar-refractivity contribution in [1.29, 1.82) is 0 Å². The van der Waals surface area contributed by atoms with Crippen molar-refractivity contribution in [2.24, 2.45) is 0 Å². The fourth-order valence-electron chi connectivity index (χ4n) is 0.897. The molecule has 4 N–H and O–H groups in total. The van der Waals surface area contributed by atoms with Crippen molar-refractivity contribution in [2.45, 2.75) is 18.4 Å². The zero-order chi connectivity index (χ0) is 12.4. The molecule has 0 aromatic carbocycles. The van der Waals surface area contributed by atoms with Crippen LogP contribution < -0.4 is 0 Å². The average molecular weight is 243 g/mol. The molecule has 0 rings (SSSR count). The Bertz CT molecular complexity index is 345. The van der Waals surface area contributed by atoms with Crippen molar-refractivity contribution in [1.82, 2.24) is 4.90 Å². The molecular formula is C5H9NO8S. The van der Waals surface area contributed by atoms with Crippen molar-refractivity contribution >= 4 is 22.3 Å². The number of hydrogen-bond acceptors (Lipinski definition) is 5. The molecule has 15 heavy (non-hydrogen) atoms. The number of aliphatic hydroxyl groups excluding tert-OH is 1. The molecule has 0 aliphatic carbocycles. The highest BCUT2D eigenvalue weighted by Crippen LogP contribution is 2.12. The molecule has 0 aromatic rings. The van der Waals surface area contributed by atoms with Crippen LogP contribution in [0.15, 0.2) is 0 Å². The van der Waals surface area contributed by atoms with Gasteiger partial charge < -0.3 is 15.3 Å². The number of amides is 2. The van der Waals surface area contributed by atoms with Crippen molar-refractivity contribution in [3.05, 3.63) is 0 Å². The molecule has 10 heteroatoms. The Kier molecular flexibility index (Phi) is 4.01. The van der Waals surface area contributed by atoms with Gasteiger partial charge in [0.15, 0.2) is 5.37 Å². The molecule has 2 amide bonds. The SMILES string of the molecule is C[C@@H](O)C(N(C(=O)O)C(=O)O)S(=O)(=O)O. The first-order chi connectivity index (χ1) is 6.59. The van der Waals surface area contributed by atoms with Gasteiger partial charge in [-0.1, -0.05) is 0 Å². The van der Waals surface area contributed by atoms with Gasteiger partial charge in [-0.05, 0) is 6.92 Å². The van der Waals surface area contributed by atoms with E-state index in [1.54, 1.807) is 0 Å². The molecule has 0 fully saturated rings. The van der Waals surface area contributed by atoms with Crippen LogP contribution in [0.1, 0.15) is 6.92 Å². The minimum Gasteiger partial charge on any atom is -0.464 e. The van der Waals surface area contributed by atoms with E-state index in [1.165, 1.54) is 0 Å². The van der Waals surface area contributed by atoms with Crippen molar-refractivity contribution in [3.8, 4) is 0 Å². The van der Waals surface area contributed by atoms with Crippen LogP contribution >= 0.6 is 0 Å². The number of carbonyl (C=O) groups is 2. The lowest BCUT2D eigenvalue weighted by atomic mass is 10.4. The van der Waals surface area contributed by atoms with Gasteiger partial charge in [0.1, 0.15) is 0 Å². The van der Waals surface area contributed by atoms with Crippen LogP contribution in [0.3, 0.4) is 0 Å². The minimum atomic E-state index is -5.04. The molecule has 2 atom stereocenters. The largest absolute Gasteiger partial charge is 0.464 e. The summed E-state index contributed by atoms with van der Waals surface area (Å²) in [5, 5.41) is 23.2. The van der Waals surface area contributed by atoms with E-state index in [0.29, 0.717) is 0 Å². The van der Waals surface area contributed by atoms with Crippen LogP contribution in [0.5, 0.6) is 0 Å². The minimum absolute atomic E-state index is 0.597. The number of aliphatic hydroxyl groups is 1. The van der Waals surface area contributed by atoms with Crippen LogP contribution in [-0.2, 0) is 10.1 Å². The molecule has 0 aliphatic heterocycles. The van der Waals surface area contributed by atoms with E-state index in [4.69, 9.17) is 19.9 Å². The van der Waals surface area contributed by atoms with Gasteiger partial charge in [0.25, 0.3) is 10.1 Å². The van der Waals surface area contributed by atoms with E-state index in [2.05, 4.69) is 0 Å². The van der Waals surface area contributed by atoms with E-state index in [1.807, 2.05) is 0 Å².